The van der Waals surface area contributed by atoms with Crippen molar-refractivity contribution < 1.29 is 22.8 Å². The van der Waals surface area contributed by atoms with E-state index in [0.29, 0.717) is 29.0 Å². The third-order valence-corrected chi connectivity index (χ3v) is 5.55. The highest BCUT2D eigenvalue weighted by Crippen LogP contribution is 2.29. The van der Waals surface area contributed by atoms with Crippen LogP contribution in [-0.2, 0) is 11.2 Å². The third-order valence-electron chi connectivity index (χ3n) is 5.30. The number of cyclic esters (lactones) is 1. The average Bonchev–Trinajstić information content (AvgIpc) is 3.41. The number of ether oxygens (including phenoxy) is 1. The Kier molecular flexibility index (Phi) is 6.31. The smallest absolute Gasteiger partial charge is 0.415 e. The van der Waals surface area contributed by atoms with Crippen molar-refractivity contribution in [3.8, 4) is 11.4 Å². The Morgan fingerprint density at radius 1 is 1.19 bits per heavy atom. The Morgan fingerprint density at radius 3 is 2.66 bits per heavy atom. The lowest BCUT2D eigenvalue weighted by molar-refractivity contribution is 0.0685. The van der Waals surface area contributed by atoms with E-state index in [1.54, 1.807) is 24.3 Å². The summed E-state index contributed by atoms with van der Waals surface area (Å²) in [6.07, 6.45) is -1.48. The maximum Gasteiger partial charge on any atom is 0.415 e. The van der Waals surface area contributed by atoms with Gasteiger partial charge in [-0.2, -0.15) is 4.98 Å². The number of carbonyl (C=O) groups is 1. The van der Waals surface area contributed by atoms with Gasteiger partial charge in [0.05, 0.1) is 6.04 Å². The molecule has 32 heavy (non-hydrogen) atoms. The molecule has 1 amide bonds. The molecule has 0 spiro atoms. The Labute approximate surface area is 187 Å². The van der Waals surface area contributed by atoms with Crippen LogP contribution in [0.2, 0.25) is 5.02 Å². The van der Waals surface area contributed by atoms with Crippen molar-refractivity contribution in [1.82, 2.24) is 20.1 Å². The molecule has 2 aromatic heterocycles. The quantitative estimate of drug-likeness (QED) is 0.499. The summed E-state index contributed by atoms with van der Waals surface area (Å²) in [6, 6.07) is 7.75. The second-order valence-electron chi connectivity index (χ2n) is 7.61. The molecule has 8 nitrogen and oxygen atoms in total. The first kappa shape index (κ1) is 22.1. The van der Waals surface area contributed by atoms with Crippen molar-refractivity contribution in [2.45, 2.75) is 38.7 Å². The molecule has 1 unspecified atom stereocenters. The molecule has 0 saturated carbocycles. The van der Waals surface area contributed by atoms with Crippen molar-refractivity contribution in [2.75, 3.05) is 11.5 Å². The van der Waals surface area contributed by atoms with E-state index in [9.17, 15) is 13.6 Å². The fourth-order valence-corrected chi connectivity index (χ4v) is 3.51. The minimum Gasteiger partial charge on any atom is -0.447 e. The zero-order valence-electron chi connectivity index (χ0n) is 17.3. The number of benzene rings is 1. The van der Waals surface area contributed by atoms with E-state index in [1.165, 1.54) is 19.2 Å². The van der Waals surface area contributed by atoms with Gasteiger partial charge in [-0.15, -0.1) is 0 Å². The van der Waals surface area contributed by atoms with Crippen LogP contribution < -0.4 is 4.90 Å². The fraction of sp³-hybridized carbons (Fsp3) is 0.381. The average molecular weight is 464 g/mol. The first-order chi connectivity index (χ1) is 15.3. The molecule has 1 aromatic carbocycles. The minimum absolute atomic E-state index is 0.116. The molecule has 0 radical (unpaired) electrons. The van der Waals surface area contributed by atoms with E-state index in [1.807, 2.05) is 6.92 Å². The van der Waals surface area contributed by atoms with E-state index >= 15 is 0 Å². The molecule has 1 aliphatic rings. The standard InChI is InChI=1S/C21H20ClF2N5O3/c1-11(20-27-19(28-32-20)13-3-5-14(22)6-4-13)9-16-25-8-7-17(26-16)29-15(10-31-21(29)30)12(2)18(23)24/h3-8,11-12,15,18H,9-10H2,1-2H3/t11?,12-,15-/m1/s1. The zero-order chi connectivity index (χ0) is 22.8. The lowest BCUT2D eigenvalue weighted by Crippen LogP contribution is -2.41. The number of alkyl halides is 2. The van der Waals surface area contributed by atoms with Crippen LogP contribution in [-0.4, -0.2) is 45.3 Å². The summed E-state index contributed by atoms with van der Waals surface area (Å²) in [5.74, 6) is 0.165. The number of carbonyl (C=O) groups excluding carboxylic acids is 1. The van der Waals surface area contributed by atoms with E-state index < -0.39 is 24.5 Å². The maximum absolute atomic E-state index is 13.2. The van der Waals surface area contributed by atoms with Gasteiger partial charge in [-0.3, -0.25) is 4.90 Å². The summed E-state index contributed by atoms with van der Waals surface area (Å²) in [5, 5.41) is 4.61. The van der Waals surface area contributed by atoms with Gasteiger partial charge in [0.1, 0.15) is 18.2 Å². The first-order valence-electron chi connectivity index (χ1n) is 9.99. The van der Waals surface area contributed by atoms with Gasteiger partial charge >= 0.3 is 6.09 Å². The van der Waals surface area contributed by atoms with Crippen LogP contribution >= 0.6 is 11.6 Å². The van der Waals surface area contributed by atoms with Gasteiger partial charge in [-0.1, -0.05) is 30.6 Å². The molecule has 0 aliphatic carbocycles. The molecule has 168 valence electrons. The van der Waals surface area contributed by atoms with Crippen molar-refractivity contribution in [1.29, 1.82) is 0 Å². The summed E-state index contributed by atoms with van der Waals surface area (Å²) >= 11 is 5.91. The monoisotopic (exact) mass is 463 g/mol. The Bertz CT molecular complexity index is 1100. The van der Waals surface area contributed by atoms with Crippen LogP contribution in [0.25, 0.3) is 11.4 Å². The van der Waals surface area contributed by atoms with E-state index in [-0.39, 0.29) is 18.3 Å². The lowest BCUT2D eigenvalue weighted by Gasteiger charge is -2.25. The van der Waals surface area contributed by atoms with Crippen LogP contribution in [0, 0.1) is 5.92 Å². The maximum atomic E-state index is 13.2. The Morgan fingerprint density at radius 2 is 1.94 bits per heavy atom. The number of hydrogen-bond donors (Lipinski definition) is 0. The van der Waals surface area contributed by atoms with Gasteiger partial charge in [-0.05, 0) is 30.3 Å². The molecule has 3 heterocycles. The highest BCUT2D eigenvalue weighted by Gasteiger charge is 2.41. The van der Waals surface area contributed by atoms with Gasteiger partial charge in [0.15, 0.2) is 0 Å². The van der Waals surface area contributed by atoms with Crippen LogP contribution in [0.3, 0.4) is 0 Å². The number of hydrogen-bond acceptors (Lipinski definition) is 7. The molecule has 1 aliphatic heterocycles. The summed E-state index contributed by atoms with van der Waals surface area (Å²) < 4.78 is 36.8. The molecule has 3 atom stereocenters. The largest absolute Gasteiger partial charge is 0.447 e. The van der Waals surface area contributed by atoms with E-state index in [4.69, 9.17) is 20.9 Å². The van der Waals surface area contributed by atoms with E-state index in [2.05, 4.69) is 20.1 Å². The predicted octanol–water partition coefficient (Wildman–Crippen LogP) is 4.75. The Hall–Kier alpha value is -3.14. The molecule has 4 rings (SSSR count). The molecular weight excluding hydrogens is 444 g/mol. The molecule has 0 N–H and O–H groups in total. The summed E-state index contributed by atoms with van der Waals surface area (Å²) in [7, 11) is 0. The van der Waals surface area contributed by atoms with Gasteiger partial charge in [0.25, 0.3) is 0 Å². The van der Waals surface area contributed by atoms with Gasteiger partial charge in [-0.25, -0.2) is 23.5 Å². The topological polar surface area (TPSA) is 94.2 Å². The van der Waals surface area contributed by atoms with Crippen LogP contribution in [0.15, 0.2) is 41.1 Å². The number of halogens is 3. The SMILES string of the molecule is CC(Cc1nccc(N2C(=O)OC[C@@H]2[C@@H](C)C(F)F)n1)c1nc(-c2ccc(Cl)cc2)no1. The van der Waals surface area contributed by atoms with Gasteiger partial charge in [0, 0.05) is 35.0 Å². The molecule has 0 bridgehead atoms. The number of anilines is 1. The number of rotatable bonds is 7. The molecular formula is C21H20ClF2N5O3. The Balaban J connectivity index is 1.50. The number of aromatic nitrogens is 4. The first-order valence-corrected chi connectivity index (χ1v) is 10.4. The van der Waals surface area contributed by atoms with Crippen molar-refractivity contribution in [2.24, 2.45) is 5.92 Å². The van der Waals surface area contributed by atoms with Crippen molar-refractivity contribution in [3.05, 3.63) is 53.3 Å². The van der Waals surface area contributed by atoms with Crippen LogP contribution in [0.4, 0.5) is 19.4 Å². The second-order valence-corrected chi connectivity index (χ2v) is 8.04. The minimum atomic E-state index is -2.59. The zero-order valence-corrected chi connectivity index (χ0v) is 18.0. The number of nitrogens with zero attached hydrogens (tertiary/aromatic N) is 5. The van der Waals surface area contributed by atoms with E-state index in [0.717, 1.165) is 10.5 Å². The van der Waals surface area contributed by atoms with Gasteiger partial charge in [0.2, 0.25) is 18.1 Å². The highest BCUT2D eigenvalue weighted by atomic mass is 35.5. The molecule has 1 fully saturated rings. The van der Waals surface area contributed by atoms with Crippen molar-refractivity contribution in [3.63, 3.8) is 0 Å². The summed E-state index contributed by atoms with van der Waals surface area (Å²) in [4.78, 5) is 26.4. The molecule has 11 heteroatoms. The lowest BCUT2D eigenvalue weighted by atomic mass is 10.0. The highest BCUT2D eigenvalue weighted by molar-refractivity contribution is 6.30. The third kappa shape index (κ3) is 4.55. The molecule has 1 saturated heterocycles. The summed E-state index contributed by atoms with van der Waals surface area (Å²) in [5.41, 5.74) is 0.765. The van der Waals surface area contributed by atoms with Crippen LogP contribution in [0.1, 0.15) is 31.5 Å². The van der Waals surface area contributed by atoms with Gasteiger partial charge < -0.3 is 9.26 Å². The predicted molar refractivity (Wildman–Crippen MR) is 112 cm³/mol. The molecule has 3 aromatic rings. The summed E-state index contributed by atoms with van der Waals surface area (Å²) in [6.45, 7) is 3.14. The fourth-order valence-electron chi connectivity index (χ4n) is 3.39. The second kappa shape index (κ2) is 9.15. The number of amides is 1. The van der Waals surface area contributed by atoms with Crippen LogP contribution in [0.5, 0.6) is 0 Å². The van der Waals surface area contributed by atoms with Crippen molar-refractivity contribution >= 4 is 23.5 Å². The normalized spacial score (nSPS) is 18.1.